The van der Waals surface area contributed by atoms with E-state index in [1.54, 1.807) is 6.92 Å². The van der Waals surface area contributed by atoms with Gasteiger partial charge in [0, 0.05) is 12.6 Å². The molecule has 0 amide bonds. The Kier molecular flexibility index (Phi) is 3.69. The summed E-state index contributed by atoms with van der Waals surface area (Å²) in [6.07, 6.45) is 1.70. The van der Waals surface area contributed by atoms with Crippen LogP contribution in [0.5, 0.6) is 5.75 Å². The van der Waals surface area contributed by atoms with Crippen LogP contribution in [0.4, 0.5) is 10.1 Å². The van der Waals surface area contributed by atoms with Gasteiger partial charge in [0.1, 0.15) is 0 Å². The van der Waals surface area contributed by atoms with Gasteiger partial charge in [-0.1, -0.05) is 6.92 Å². The van der Waals surface area contributed by atoms with Crippen LogP contribution in [0.25, 0.3) is 0 Å². The van der Waals surface area contributed by atoms with Gasteiger partial charge in [0.25, 0.3) is 0 Å². The number of benzene rings is 1. The number of rotatable bonds is 5. The number of nitrogens with zero attached hydrogens (tertiary/aromatic N) is 1. The lowest BCUT2D eigenvalue weighted by molar-refractivity contribution is 0.387. The van der Waals surface area contributed by atoms with Gasteiger partial charge in [-0.15, -0.1) is 0 Å². The van der Waals surface area contributed by atoms with Crippen LogP contribution in [0.15, 0.2) is 17.0 Å². The molecule has 0 saturated heterocycles. The minimum atomic E-state index is -3.70. The minimum Gasteiger partial charge on any atom is -0.492 e. The maximum atomic E-state index is 13.7. The third-order valence-corrected chi connectivity index (χ3v) is 5.13. The summed E-state index contributed by atoms with van der Waals surface area (Å²) in [7, 11) is -2.42. The van der Waals surface area contributed by atoms with Crippen molar-refractivity contribution in [3.05, 3.63) is 17.9 Å². The summed E-state index contributed by atoms with van der Waals surface area (Å²) in [5.74, 6) is -0.902. The number of hydrogen-bond donors (Lipinski definition) is 1. The molecule has 5 nitrogen and oxygen atoms in total. The van der Waals surface area contributed by atoms with E-state index in [-0.39, 0.29) is 22.4 Å². The van der Waals surface area contributed by atoms with E-state index in [0.29, 0.717) is 6.54 Å². The highest BCUT2D eigenvalue weighted by Gasteiger charge is 2.37. The molecule has 106 valence electrons. The van der Waals surface area contributed by atoms with E-state index in [9.17, 15) is 12.8 Å². The third-order valence-electron chi connectivity index (χ3n) is 3.12. The summed E-state index contributed by atoms with van der Waals surface area (Å²) in [5.41, 5.74) is 5.59. The molecular formula is C12H17FN2O3S. The van der Waals surface area contributed by atoms with Crippen LogP contribution in [0.3, 0.4) is 0 Å². The van der Waals surface area contributed by atoms with Gasteiger partial charge in [-0.2, -0.15) is 4.31 Å². The smallest absolute Gasteiger partial charge is 0.243 e. The normalized spacial score (nSPS) is 15.8. The Bertz CT molecular complexity index is 562. The van der Waals surface area contributed by atoms with Crippen LogP contribution >= 0.6 is 0 Å². The van der Waals surface area contributed by atoms with Crippen LogP contribution in [-0.2, 0) is 10.0 Å². The predicted octanol–water partition coefficient (Wildman–Crippen LogP) is 1.59. The summed E-state index contributed by atoms with van der Waals surface area (Å²) < 4.78 is 44.7. The molecule has 1 aromatic rings. The maximum Gasteiger partial charge on any atom is 0.243 e. The molecule has 2 rings (SSSR count). The van der Waals surface area contributed by atoms with Gasteiger partial charge >= 0.3 is 0 Å². The number of anilines is 1. The number of sulfonamides is 1. The van der Waals surface area contributed by atoms with Gasteiger partial charge in [0.2, 0.25) is 10.0 Å². The summed E-state index contributed by atoms with van der Waals surface area (Å²) in [6.45, 7) is 2.12. The van der Waals surface area contributed by atoms with E-state index in [1.165, 1.54) is 17.5 Å². The molecule has 1 fully saturated rings. The number of methoxy groups -OCH3 is 1. The van der Waals surface area contributed by atoms with Gasteiger partial charge in [-0.3, -0.25) is 0 Å². The van der Waals surface area contributed by atoms with Gasteiger partial charge in [-0.25, -0.2) is 12.8 Å². The van der Waals surface area contributed by atoms with Crippen molar-refractivity contribution in [1.82, 2.24) is 4.31 Å². The lowest BCUT2D eigenvalue weighted by atomic mass is 10.3. The highest BCUT2D eigenvalue weighted by atomic mass is 32.2. The van der Waals surface area contributed by atoms with E-state index >= 15 is 0 Å². The molecule has 0 unspecified atom stereocenters. The average molecular weight is 288 g/mol. The van der Waals surface area contributed by atoms with Crippen molar-refractivity contribution in [2.45, 2.75) is 30.7 Å². The summed E-state index contributed by atoms with van der Waals surface area (Å²) in [4.78, 5) is -0.128. The number of halogens is 1. The van der Waals surface area contributed by atoms with E-state index in [1.807, 2.05) is 0 Å². The van der Waals surface area contributed by atoms with Gasteiger partial charge in [-0.05, 0) is 25.0 Å². The second-order valence-corrected chi connectivity index (χ2v) is 6.36. The van der Waals surface area contributed by atoms with E-state index < -0.39 is 15.8 Å². The number of nitrogens with two attached hydrogens (primary N) is 1. The Morgan fingerprint density at radius 1 is 1.47 bits per heavy atom. The molecule has 0 radical (unpaired) electrons. The molecular weight excluding hydrogens is 271 g/mol. The van der Waals surface area contributed by atoms with E-state index in [4.69, 9.17) is 10.5 Å². The van der Waals surface area contributed by atoms with E-state index in [0.717, 1.165) is 18.9 Å². The monoisotopic (exact) mass is 288 g/mol. The first kappa shape index (κ1) is 14.1. The van der Waals surface area contributed by atoms with Crippen molar-refractivity contribution in [2.24, 2.45) is 0 Å². The SMILES string of the molecule is CCN(C1CC1)S(=O)(=O)c1cc(N)c(OC)c(F)c1. The lowest BCUT2D eigenvalue weighted by Crippen LogP contribution is -2.33. The summed E-state index contributed by atoms with van der Waals surface area (Å²) >= 11 is 0. The molecule has 0 aromatic heterocycles. The molecule has 1 saturated carbocycles. The number of nitrogen functional groups attached to an aromatic ring is 1. The fourth-order valence-electron chi connectivity index (χ4n) is 2.08. The van der Waals surface area contributed by atoms with Gasteiger partial charge in [0.15, 0.2) is 11.6 Å². The Morgan fingerprint density at radius 3 is 2.53 bits per heavy atom. The lowest BCUT2D eigenvalue weighted by Gasteiger charge is -2.20. The Labute approximate surface area is 112 Å². The van der Waals surface area contributed by atoms with Crippen LogP contribution in [0.2, 0.25) is 0 Å². The maximum absolute atomic E-state index is 13.7. The topological polar surface area (TPSA) is 72.6 Å². The van der Waals surface area contributed by atoms with Gasteiger partial charge < -0.3 is 10.5 Å². The molecule has 7 heteroatoms. The van der Waals surface area contributed by atoms with Gasteiger partial charge in [0.05, 0.1) is 17.7 Å². The van der Waals surface area contributed by atoms with E-state index in [2.05, 4.69) is 0 Å². The second-order valence-electron chi connectivity index (χ2n) is 4.47. The van der Waals surface area contributed by atoms with Crippen LogP contribution < -0.4 is 10.5 Å². The average Bonchev–Trinajstić information content (AvgIpc) is 3.13. The van der Waals surface area contributed by atoms with Crippen molar-refractivity contribution in [3.8, 4) is 5.75 Å². The second kappa shape index (κ2) is 4.97. The van der Waals surface area contributed by atoms with Crippen LogP contribution in [0, 0.1) is 5.82 Å². The summed E-state index contributed by atoms with van der Waals surface area (Å²) in [6, 6.07) is 2.22. The predicted molar refractivity (Wildman–Crippen MR) is 70.0 cm³/mol. The first-order valence-corrected chi connectivity index (χ1v) is 7.50. The van der Waals surface area contributed by atoms with Crippen molar-refractivity contribution >= 4 is 15.7 Å². The van der Waals surface area contributed by atoms with Crippen molar-refractivity contribution in [2.75, 3.05) is 19.4 Å². The standard InChI is InChI=1S/C12H17FN2O3S/c1-3-15(8-4-5-8)19(16,17)9-6-10(13)12(18-2)11(14)7-9/h6-8H,3-5,14H2,1-2H3. The van der Waals surface area contributed by atoms with Crippen molar-refractivity contribution < 1.29 is 17.5 Å². The molecule has 0 aliphatic heterocycles. The van der Waals surface area contributed by atoms with Crippen molar-refractivity contribution in [1.29, 1.82) is 0 Å². The Balaban J connectivity index is 2.46. The zero-order chi connectivity index (χ0) is 14.2. The Hall–Kier alpha value is -1.34. The zero-order valence-electron chi connectivity index (χ0n) is 10.9. The molecule has 0 bridgehead atoms. The minimum absolute atomic E-state index is 0.0204. The van der Waals surface area contributed by atoms with Crippen molar-refractivity contribution in [3.63, 3.8) is 0 Å². The van der Waals surface area contributed by atoms with Crippen LogP contribution in [-0.4, -0.2) is 32.4 Å². The highest BCUT2D eigenvalue weighted by molar-refractivity contribution is 7.89. The largest absolute Gasteiger partial charge is 0.492 e. The third kappa shape index (κ3) is 2.52. The molecule has 1 aliphatic rings. The molecule has 2 N–H and O–H groups in total. The quantitative estimate of drug-likeness (QED) is 0.835. The summed E-state index contributed by atoms with van der Waals surface area (Å²) in [5, 5.41) is 0. The Morgan fingerprint density at radius 2 is 2.11 bits per heavy atom. The number of hydrogen-bond acceptors (Lipinski definition) is 4. The van der Waals surface area contributed by atoms with Crippen LogP contribution in [0.1, 0.15) is 19.8 Å². The number of ether oxygens (including phenoxy) is 1. The molecule has 1 aromatic carbocycles. The molecule has 0 spiro atoms. The molecule has 0 heterocycles. The first-order chi connectivity index (χ1) is 8.91. The molecule has 1 aliphatic carbocycles. The molecule has 0 atom stereocenters. The zero-order valence-corrected chi connectivity index (χ0v) is 11.7. The first-order valence-electron chi connectivity index (χ1n) is 6.06. The highest BCUT2D eigenvalue weighted by Crippen LogP contribution is 2.34. The fourth-order valence-corrected chi connectivity index (χ4v) is 3.82. The molecule has 19 heavy (non-hydrogen) atoms. The fraction of sp³-hybridized carbons (Fsp3) is 0.500.